The molecule has 0 radical (unpaired) electrons. The third-order valence-corrected chi connectivity index (χ3v) is 2.09. The van der Waals surface area contributed by atoms with E-state index >= 15 is 0 Å². The van der Waals surface area contributed by atoms with Gasteiger partial charge in [0.2, 0.25) is 0 Å². The van der Waals surface area contributed by atoms with E-state index in [0.29, 0.717) is 19.3 Å². The molecule has 14 heavy (non-hydrogen) atoms. The number of nitrogens with one attached hydrogen (secondary N) is 2. The zero-order chi connectivity index (χ0) is 9.64. The van der Waals surface area contributed by atoms with E-state index in [9.17, 15) is 0 Å². The van der Waals surface area contributed by atoms with Crippen LogP contribution in [0.5, 0.6) is 0 Å². The van der Waals surface area contributed by atoms with E-state index in [2.05, 4.69) is 23.0 Å². The van der Waals surface area contributed by atoms with Crippen LogP contribution in [0.15, 0.2) is 42.6 Å². The highest BCUT2D eigenvalue weighted by molar-refractivity contribution is 5.13. The van der Waals surface area contributed by atoms with Gasteiger partial charge in [-0.25, -0.2) is 5.43 Å². The van der Waals surface area contributed by atoms with Gasteiger partial charge in [0.05, 0.1) is 19.3 Å². The van der Waals surface area contributed by atoms with Gasteiger partial charge in [0, 0.05) is 6.20 Å². The molecule has 1 atom stereocenters. The molecule has 0 spiro atoms. The Morgan fingerprint density at radius 1 is 1.21 bits per heavy atom. The van der Waals surface area contributed by atoms with Gasteiger partial charge in [0.25, 0.3) is 0 Å². The standard InChI is InChI=1S/C11H14N2O/c1-2-4-10(5-3-1)8-14-9-11-6-7-12-13-11/h1-7,11-13H,8-9H2. The molecule has 3 nitrogen and oxygen atoms in total. The summed E-state index contributed by atoms with van der Waals surface area (Å²) in [5.74, 6) is 0. The first kappa shape index (κ1) is 9.24. The van der Waals surface area contributed by atoms with Gasteiger partial charge in [-0.05, 0) is 11.6 Å². The van der Waals surface area contributed by atoms with E-state index in [4.69, 9.17) is 4.74 Å². The number of hydrogen-bond acceptors (Lipinski definition) is 3. The Kier molecular flexibility index (Phi) is 3.16. The van der Waals surface area contributed by atoms with Crippen LogP contribution in [0.3, 0.4) is 0 Å². The second-order valence-corrected chi connectivity index (χ2v) is 3.26. The average Bonchev–Trinajstić information content (AvgIpc) is 2.72. The molecule has 1 aliphatic heterocycles. The predicted molar refractivity (Wildman–Crippen MR) is 55.3 cm³/mol. The second-order valence-electron chi connectivity index (χ2n) is 3.26. The zero-order valence-corrected chi connectivity index (χ0v) is 7.94. The van der Waals surface area contributed by atoms with E-state index in [1.54, 1.807) is 0 Å². The summed E-state index contributed by atoms with van der Waals surface area (Å²) in [6.45, 7) is 1.37. The van der Waals surface area contributed by atoms with Crippen LogP contribution in [0, 0.1) is 0 Å². The SMILES string of the molecule is C1=CC(COCc2ccccc2)NN1. The van der Waals surface area contributed by atoms with Crippen molar-refractivity contribution in [1.82, 2.24) is 10.9 Å². The smallest absolute Gasteiger partial charge is 0.0717 e. The molecule has 0 aliphatic carbocycles. The minimum atomic E-state index is 0.290. The molecule has 3 heteroatoms. The molecular formula is C11H14N2O. The topological polar surface area (TPSA) is 33.3 Å². The lowest BCUT2D eigenvalue weighted by Crippen LogP contribution is -2.33. The average molecular weight is 190 g/mol. The maximum Gasteiger partial charge on any atom is 0.0717 e. The monoisotopic (exact) mass is 190 g/mol. The van der Waals surface area contributed by atoms with Crippen molar-refractivity contribution in [2.45, 2.75) is 12.6 Å². The van der Waals surface area contributed by atoms with Crippen molar-refractivity contribution in [3.8, 4) is 0 Å². The molecular weight excluding hydrogens is 176 g/mol. The van der Waals surface area contributed by atoms with E-state index in [-0.39, 0.29) is 0 Å². The lowest BCUT2D eigenvalue weighted by Gasteiger charge is -2.09. The first-order chi connectivity index (χ1) is 6.95. The van der Waals surface area contributed by atoms with Crippen molar-refractivity contribution in [1.29, 1.82) is 0 Å². The first-order valence-electron chi connectivity index (χ1n) is 4.74. The molecule has 1 unspecified atom stereocenters. The van der Waals surface area contributed by atoms with E-state index in [1.165, 1.54) is 5.56 Å². The van der Waals surface area contributed by atoms with Crippen LogP contribution in [0.4, 0.5) is 0 Å². The molecule has 1 heterocycles. The van der Waals surface area contributed by atoms with Crippen LogP contribution in [0.2, 0.25) is 0 Å². The highest BCUT2D eigenvalue weighted by Gasteiger charge is 2.06. The van der Waals surface area contributed by atoms with Gasteiger partial charge in [-0.15, -0.1) is 0 Å². The summed E-state index contributed by atoms with van der Waals surface area (Å²) >= 11 is 0. The van der Waals surface area contributed by atoms with Gasteiger partial charge in [-0.3, -0.25) is 0 Å². The van der Waals surface area contributed by atoms with Crippen molar-refractivity contribution < 1.29 is 4.74 Å². The van der Waals surface area contributed by atoms with Crippen LogP contribution in [-0.2, 0) is 11.3 Å². The Morgan fingerprint density at radius 2 is 2.07 bits per heavy atom. The molecule has 2 rings (SSSR count). The van der Waals surface area contributed by atoms with Gasteiger partial charge < -0.3 is 10.2 Å². The molecule has 0 fully saturated rings. The fourth-order valence-electron chi connectivity index (χ4n) is 1.34. The Morgan fingerprint density at radius 3 is 2.79 bits per heavy atom. The minimum absolute atomic E-state index is 0.290. The van der Waals surface area contributed by atoms with Crippen molar-refractivity contribution in [2.75, 3.05) is 6.61 Å². The Labute approximate surface area is 83.7 Å². The number of ether oxygens (including phenoxy) is 1. The van der Waals surface area contributed by atoms with Crippen molar-refractivity contribution >= 4 is 0 Å². The van der Waals surface area contributed by atoms with Crippen molar-refractivity contribution in [3.05, 3.63) is 48.2 Å². The fraction of sp³-hybridized carbons (Fsp3) is 0.273. The lowest BCUT2D eigenvalue weighted by molar-refractivity contribution is 0.109. The summed E-state index contributed by atoms with van der Waals surface area (Å²) < 4.78 is 5.55. The quantitative estimate of drug-likeness (QED) is 0.748. The maximum atomic E-state index is 5.55. The largest absolute Gasteiger partial charge is 0.375 e. The molecule has 0 saturated carbocycles. The molecule has 1 aromatic carbocycles. The van der Waals surface area contributed by atoms with Gasteiger partial charge in [0.1, 0.15) is 0 Å². The Bertz CT molecular complexity index is 297. The van der Waals surface area contributed by atoms with Crippen LogP contribution in [-0.4, -0.2) is 12.6 Å². The fourth-order valence-corrected chi connectivity index (χ4v) is 1.34. The number of rotatable bonds is 4. The molecule has 1 aliphatic rings. The van der Waals surface area contributed by atoms with E-state index in [0.717, 1.165) is 0 Å². The van der Waals surface area contributed by atoms with Crippen LogP contribution >= 0.6 is 0 Å². The number of benzene rings is 1. The van der Waals surface area contributed by atoms with Crippen molar-refractivity contribution in [3.63, 3.8) is 0 Å². The summed E-state index contributed by atoms with van der Waals surface area (Å²) in [7, 11) is 0. The number of hydrogen-bond donors (Lipinski definition) is 2. The second kappa shape index (κ2) is 4.79. The normalized spacial score (nSPS) is 19.6. The summed E-state index contributed by atoms with van der Waals surface area (Å²) in [5.41, 5.74) is 7.18. The first-order valence-corrected chi connectivity index (χ1v) is 4.74. The highest BCUT2D eigenvalue weighted by atomic mass is 16.5. The van der Waals surface area contributed by atoms with Gasteiger partial charge in [0.15, 0.2) is 0 Å². The maximum absolute atomic E-state index is 5.55. The molecule has 74 valence electrons. The molecule has 0 bridgehead atoms. The Hall–Kier alpha value is -1.32. The Balaban J connectivity index is 1.70. The zero-order valence-electron chi connectivity index (χ0n) is 7.94. The lowest BCUT2D eigenvalue weighted by atomic mass is 10.2. The van der Waals surface area contributed by atoms with Gasteiger partial charge in [-0.2, -0.15) is 0 Å². The summed E-state index contributed by atoms with van der Waals surface area (Å²) in [5, 5.41) is 0. The molecule has 0 aromatic heterocycles. The summed E-state index contributed by atoms with van der Waals surface area (Å²) in [6, 6.07) is 10.5. The van der Waals surface area contributed by atoms with E-state index in [1.807, 2.05) is 30.5 Å². The summed E-state index contributed by atoms with van der Waals surface area (Å²) in [6.07, 6.45) is 3.93. The minimum Gasteiger partial charge on any atom is -0.375 e. The number of hydrazine groups is 1. The van der Waals surface area contributed by atoms with Gasteiger partial charge >= 0.3 is 0 Å². The van der Waals surface area contributed by atoms with Crippen LogP contribution in [0.1, 0.15) is 5.56 Å². The predicted octanol–water partition coefficient (Wildman–Crippen LogP) is 1.19. The van der Waals surface area contributed by atoms with Crippen molar-refractivity contribution in [2.24, 2.45) is 0 Å². The van der Waals surface area contributed by atoms with Crippen LogP contribution in [0.25, 0.3) is 0 Å². The molecule has 2 N–H and O–H groups in total. The molecule has 0 saturated heterocycles. The third-order valence-electron chi connectivity index (χ3n) is 2.09. The van der Waals surface area contributed by atoms with Crippen LogP contribution < -0.4 is 10.9 Å². The highest BCUT2D eigenvalue weighted by Crippen LogP contribution is 2.01. The third kappa shape index (κ3) is 2.58. The van der Waals surface area contributed by atoms with Gasteiger partial charge in [-0.1, -0.05) is 30.3 Å². The van der Waals surface area contributed by atoms with E-state index < -0.39 is 0 Å². The summed E-state index contributed by atoms with van der Waals surface area (Å²) in [4.78, 5) is 0. The molecule has 1 aromatic rings. The molecule has 0 amide bonds.